The van der Waals surface area contributed by atoms with Crippen LogP contribution in [0.25, 0.3) is 0 Å². The second kappa shape index (κ2) is 4.63. The average Bonchev–Trinajstić information content (AvgIpc) is 2.68. The van der Waals surface area contributed by atoms with Gasteiger partial charge in [-0.1, -0.05) is 11.6 Å². The summed E-state index contributed by atoms with van der Waals surface area (Å²) in [5, 5.41) is 10.1. The number of nitrogens with one attached hydrogen (secondary N) is 1. The normalized spacial score (nSPS) is 10.1. The van der Waals surface area contributed by atoms with Crippen LogP contribution in [0.15, 0.2) is 33.4 Å². The molecule has 0 aliphatic heterocycles. The van der Waals surface area contributed by atoms with E-state index in [1.54, 1.807) is 18.2 Å². The summed E-state index contributed by atoms with van der Waals surface area (Å²) >= 11 is 8.66. The molecule has 0 radical (unpaired) electrons. The van der Waals surface area contributed by atoms with Crippen LogP contribution in [0.4, 0.5) is 5.82 Å². The minimum absolute atomic E-state index is 0.184. The summed E-state index contributed by atoms with van der Waals surface area (Å²) < 4.78 is 5.56. The van der Waals surface area contributed by atoms with Crippen LogP contribution < -0.4 is 5.32 Å². The van der Waals surface area contributed by atoms with Crippen LogP contribution in [0, 0.1) is 0 Å². The maximum atomic E-state index is 11.6. The number of hydrogen-bond acceptors (Lipinski definition) is 4. The number of carbonyl (C=O) groups excluding carboxylic acids is 1. The van der Waals surface area contributed by atoms with E-state index in [1.165, 1.54) is 6.07 Å². The Labute approximate surface area is 104 Å². The van der Waals surface area contributed by atoms with Crippen molar-refractivity contribution in [1.82, 2.24) is 10.2 Å². The van der Waals surface area contributed by atoms with Crippen molar-refractivity contribution in [3.8, 4) is 0 Å². The molecule has 0 aromatic carbocycles. The second-order valence-electron chi connectivity index (χ2n) is 2.80. The van der Waals surface area contributed by atoms with Crippen LogP contribution in [0.3, 0.4) is 0 Å². The number of rotatable bonds is 2. The summed E-state index contributed by atoms with van der Waals surface area (Å²) in [4.78, 5) is 11.6. The number of carbonyl (C=O) groups is 1. The van der Waals surface area contributed by atoms with Gasteiger partial charge in [0.15, 0.2) is 21.4 Å². The van der Waals surface area contributed by atoms with Crippen molar-refractivity contribution in [3.05, 3.63) is 39.8 Å². The van der Waals surface area contributed by atoms with Gasteiger partial charge in [0.1, 0.15) is 0 Å². The Morgan fingerprint density at radius 1 is 1.31 bits per heavy atom. The van der Waals surface area contributed by atoms with E-state index in [9.17, 15) is 4.79 Å². The summed E-state index contributed by atoms with van der Waals surface area (Å²) in [5.41, 5.74) is 0. The lowest BCUT2D eigenvalue weighted by atomic mass is 10.4. The molecule has 82 valence electrons. The Morgan fingerprint density at radius 2 is 2.12 bits per heavy atom. The number of anilines is 1. The Balaban J connectivity index is 2.10. The Morgan fingerprint density at radius 3 is 2.69 bits per heavy atom. The highest BCUT2D eigenvalue weighted by Crippen LogP contribution is 2.15. The van der Waals surface area contributed by atoms with Crippen LogP contribution in [0.5, 0.6) is 0 Å². The average molecular weight is 303 g/mol. The van der Waals surface area contributed by atoms with Crippen molar-refractivity contribution in [1.29, 1.82) is 0 Å². The standard InChI is InChI=1S/C9H5BrClN3O2/c10-6-2-1-5(16-6)9(15)12-8-4-3-7(11)13-14-8/h1-4H,(H,12,14,15). The number of amides is 1. The largest absolute Gasteiger partial charge is 0.444 e. The number of halogens is 2. The molecule has 0 unspecified atom stereocenters. The lowest BCUT2D eigenvalue weighted by Crippen LogP contribution is -2.12. The third-order valence-corrected chi connectivity index (χ3v) is 2.30. The monoisotopic (exact) mass is 301 g/mol. The molecule has 0 bridgehead atoms. The Hall–Kier alpha value is -1.40. The molecule has 5 nitrogen and oxygen atoms in total. The highest BCUT2D eigenvalue weighted by Gasteiger charge is 2.11. The van der Waals surface area contributed by atoms with E-state index in [0.29, 0.717) is 10.5 Å². The van der Waals surface area contributed by atoms with Crippen molar-refractivity contribution < 1.29 is 9.21 Å². The summed E-state index contributed by atoms with van der Waals surface area (Å²) in [5.74, 6) is 0.0906. The fraction of sp³-hybridized carbons (Fsp3) is 0. The van der Waals surface area contributed by atoms with Gasteiger partial charge in [-0.3, -0.25) is 4.79 Å². The van der Waals surface area contributed by atoms with Gasteiger partial charge in [0.2, 0.25) is 0 Å². The molecule has 0 atom stereocenters. The summed E-state index contributed by atoms with van der Waals surface area (Å²) in [6, 6.07) is 6.25. The molecule has 0 aliphatic rings. The van der Waals surface area contributed by atoms with Crippen LogP contribution in [-0.2, 0) is 0 Å². The molecule has 0 aliphatic carbocycles. The molecule has 1 N–H and O–H groups in total. The number of furan rings is 1. The molecule has 0 spiro atoms. The van der Waals surface area contributed by atoms with Crippen LogP contribution in [0.1, 0.15) is 10.6 Å². The van der Waals surface area contributed by atoms with Gasteiger partial charge >= 0.3 is 0 Å². The molecule has 2 heterocycles. The van der Waals surface area contributed by atoms with Gasteiger partial charge < -0.3 is 9.73 Å². The first-order valence-corrected chi connectivity index (χ1v) is 5.38. The van der Waals surface area contributed by atoms with Crippen LogP contribution in [-0.4, -0.2) is 16.1 Å². The van der Waals surface area contributed by atoms with Crippen molar-refractivity contribution in [3.63, 3.8) is 0 Å². The molecule has 2 aromatic heterocycles. The van der Waals surface area contributed by atoms with Gasteiger partial charge in [0.25, 0.3) is 5.91 Å². The third-order valence-electron chi connectivity index (χ3n) is 1.67. The highest BCUT2D eigenvalue weighted by atomic mass is 79.9. The molecule has 0 fully saturated rings. The summed E-state index contributed by atoms with van der Waals surface area (Å²) in [6.45, 7) is 0. The van der Waals surface area contributed by atoms with Gasteiger partial charge in [-0.2, -0.15) is 0 Å². The van der Waals surface area contributed by atoms with E-state index < -0.39 is 5.91 Å². The van der Waals surface area contributed by atoms with Crippen molar-refractivity contribution >= 4 is 39.3 Å². The Kier molecular flexibility index (Phi) is 3.21. The zero-order valence-electron chi connectivity index (χ0n) is 7.78. The predicted molar refractivity (Wildman–Crippen MR) is 61.4 cm³/mol. The zero-order valence-corrected chi connectivity index (χ0v) is 10.1. The van der Waals surface area contributed by atoms with E-state index in [4.69, 9.17) is 16.0 Å². The van der Waals surface area contributed by atoms with Crippen LogP contribution >= 0.6 is 27.5 Å². The van der Waals surface area contributed by atoms with Crippen molar-refractivity contribution in [2.45, 2.75) is 0 Å². The number of nitrogens with zero attached hydrogens (tertiary/aromatic N) is 2. The van der Waals surface area contributed by atoms with Gasteiger partial charge in [-0.25, -0.2) is 0 Å². The first kappa shape index (κ1) is 11.1. The molecule has 7 heteroatoms. The van der Waals surface area contributed by atoms with Crippen LogP contribution in [0.2, 0.25) is 5.15 Å². The van der Waals surface area contributed by atoms with Gasteiger partial charge in [-0.05, 0) is 40.2 Å². The minimum Gasteiger partial charge on any atom is -0.444 e. The van der Waals surface area contributed by atoms with Gasteiger partial charge in [0, 0.05) is 0 Å². The minimum atomic E-state index is -0.401. The molecular formula is C9H5BrClN3O2. The lowest BCUT2D eigenvalue weighted by Gasteiger charge is -2.00. The first-order chi connectivity index (χ1) is 7.65. The maximum Gasteiger partial charge on any atom is 0.292 e. The fourth-order valence-electron chi connectivity index (χ4n) is 0.997. The first-order valence-electron chi connectivity index (χ1n) is 4.21. The Bertz CT molecular complexity index is 512. The van der Waals surface area contributed by atoms with Gasteiger partial charge in [0.05, 0.1) is 0 Å². The molecular weight excluding hydrogens is 297 g/mol. The van der Waals surface area contributed by atoms with Crippen molar-refractivity contribution in [2.24, 2.45) is 0 Å². The second-order valence-corrected chi connectivity index (χ2v) is 3.97. The van der Waals surface area contributed by atoms with Crippen molar-refractivity contribution in [2.75, 3.05) is 5.32 Å². The number of hydrogen-bond donors (Lipinski definition) is 1. The molecule has 1 amide bonds. The fourth-order valence-corrected chi connectivity index (χ4v) is 1.40. The lowest BCUT2D eigenvalue weighted by molar-refractivity contribution is 0.0995. The molecule has 2 rings (SSSR count). The summed E-state index contributed by atoms with van der Waals surface area (Å²) in [6.07, 6.45) is 0. The third kappa shape index (κ3) is 2.59. The predicted octanol–water partition coefficient (Wildman–Crippen LogP) is 2.74. The maximum absolute atomic E-state index is 11.6. The summed E-state index contributed by atoms with van der Waals surface area (Å²) in [7, 11) is 0. The molecule has 0 saturated heterocycles. The number of aromatic nitrogens is 2. The quantitative estimate of drug-likeness (QED) is 0.926. The smallest absolute Gasteiger partial charge is 0.292 e. The van der Waals surface area contributed by atoms with E-state index in [2.05, 4.69) is 31.4 Å². The zero-order chi connectivity index (χ0) is 11.5. The molecule has 16 heavy (non-hydrogen) atoms. The van der Waals surface area contributed by atoms with Gasteiger partial charge in [-0.15, -0.1) is 10.2 Å². The van der Waals surface area contributed by atoms with E-state index in [-0.39, 0.29) is 10.9 Å². The molecule has 2 aromatic rings. The van der Waals surface area contributed by atoms with E-state index >= 15 is 0 Å². The van der Waals surface area contributed by atoms with E-state index in [0.717, 1.165) is 0 Å². The topological polar surface area (TPSA) is 68.0 Å². The highest BCUT2D eigenvalue weighted by molar-refractivity contribution is 9.10. The SMILES string of the molecule is O=C(Nc1ccc(Cl)nn1)c1ccc(Br)o1. The van der Waals surface area contributed by atoms with E-state index in [1.807, 2.05) is 0 Å². The molecule has 0 saturated carbocycles.